The Kier molecular flexibility index (Phi) is 2.99. The van der Waals surface area contributed by atoms with Gasteiger partial charge in [-0.25, -0.2) is 4.79 Å². The van der Waals surface area contributed by atoms with Gasteiger partial charge in [-0.1, -0.05) is 0 Å². The molecule has 3 N–H and O–H groups in total. The Balaban J connectivity index is 1.70. The molecule has 2 aromatic rings. The van der Waals surface area contributed by atoms with Gasteiger partial charge in [0.1, 0.15) is 0 Å². The molecule has 0 atom stereocenters. The van der Waals surface area contributed by atoms with Gasteiger partial charge in [0.2, 0.25) is 0 Å². The molecule has 1 aromatic heterocycles. The first-order valence-electron chi connectivity index (χ1n) is 5.94. The first-order valence-corrected chi connectivity index (χ1v) is 5.94. The molecule has 3 amide bonds. The number of rotatable bonds is 3. The normalized spacial score (nSPS) is 14.2. The fraction of sp³-hybridized carbons (Fsp3) is 0.182. The molecule has 0 radical (unpaired) electrons. The van der Waals surface area contributed by atoms with Crippen LogP contribution in [0.25, 0.3) is 0 Å². The highest BCUT2D eigenvalue weighted by atomic mass is 16.2. The van der Waals surface area contributed by atoms with E-state index in [1.807, 2.05) is 0 Å². The molecule has 1 aromatic carbocycles. The van der Waals surface area contributed by atoms with Crippen LogP contribution in [0.1, 0.15) is 10.6 Å². The summed E-state index contributed by atoms with van der Waals surface area (Å²) in [4.78, 5) is 24.8. The Bertz CT molecular complexity index is 623. The van der Waals surface area contributed by atoms with E-state index in [-0.39, 0.29) is 11.9 Å². The third-order valence-electron chi connectivity index (χ3n) is 2.84. The maximum atomic E-state index is 11.7. The summed E-state index contributed by atoms with van der Waals surface area (Å²) in [6, 6.07) is 6.82. The van der Waals surface area contributed by atoms with Crippen LogP contribution in [-0.4, -0.2) is 45.7 Å². The lowest BCUT2D eigenvalue weighted by Gasteiger charge is -2.14. The van der Waals surface area contributed by atoms with Crippen molar-refractivity contribution in [2.24, 2.45) is 0 Å². The molecular formula is C11H11N7O2. The molecule has 0 bridgehead atoms. The third-order valence-corrected chi connectivity index (χ3v) is 2.84. The topological polar surface area (TPSA) is 116 Å². The molecule has 1 saturated heterocycles. The summed E-state index contributed by atoms with van der Waals surface area (Å²) in [5.41, 5.74) is 1.36. The average Bonchev–Trinajstić information content (AvgIpc) is 3.11. The van der Waals surface area contributed by atoms with E-state index in [0.717, 1.165) is 5.69 Å². The van der Waals surface area contributed by atoms with Crippen molar-refractivity contribution in [2.75, 3.05) is 23.3 Å². The Morgan fingerprint density at radius 3 is 2.70 bits per heavy atom. The lowest BCUT2D eigenvalue weighted by atomic mass is 10.2. The summed E-state index contributed by atoms with van der Waals surface area (Å²) in [6.07, 6.45) is 0. The molecular weight excluding hydrogens is 262 g/mol. The number of anilines is 2. The van der Waals surface area contributed by atoms with Crippen LogP contribution in [0.3, 0.4) is 0 Å². The number of amides is 3. The standard InChI is InChI=1S/C11H11N7O2/c19-10(9-14-16-17-15-9)13-7-1-3-8(4-2-7)18-6-5-12-11(18)20/h1-4H,5-6H2,(H,12,20)(H,13,19)(H,14,15,16,17). The van der Waals surface area contributed by atoms with Crippen molar-refractivity contribution in [1.82, 2.24) is 25.9 Å². The largest absolute Gasteiger partial charge is 0.336 e. The van der Waals surface area contributed by atoms with E-state index >= 15 is 0 Å². The molecule has 9 heteroatoms. The molecule has 9 nitrogen and oxygen atoms in total. The van der Waals surface area contributed by atoms with Gasteiger partial charge in [0, 0.05) is 24.5 Å². The predicted molar refractivity (Wildman–Crippen MR) is 69.3 cm³/mol. The quantitative estimate of drug-likeness (QED) is 0.726. The summed E-state index contributed by atoms with van der Waals surface area (Å²) in [6.45, 7) is 1.27. The molecule has 0 aliphatic carbocycles. The number of nitrogens with one attached hydrogen (secondary N) is 3. The van der Waals surface area contributed by atoms with Crippen molar-refractivity contribution in [3.05, 3.63) is 30.1 Å². The number of hydrogen-bond acceptors (Lipinski definition) is 5. The van der Waals surface area contributed by atoms with Gasteiger partial charge in [0.15, 0.2) is 0 Å². The van der Waals surface area contributed by atoms with Crippen LogP contribution in [0.2, 0.25) is 0 Å². The Morgan fingerprint density at radius 2 is 2.10 bits per heavy atom. The highest BCUT2D eigenvalue weighted by Crippen LogP contribution is 2.19. The van der Waals surface area contributed by atoms with Gasteiger partial charge in [-0.2, -0.15) is 5.21 Å². The highest BCUT2D eigenvalue weighted by molar-refractivity contribution is 6.01. The zero-order chi connectivity index (χ0) is 13.9. The minimum absolute atomic E-state index is 0.0343. The van der Waals surface area contributed by atoms with E-state index < -0.39 is 5.91 Å². The van der Waals surface area contributed by atoms with Gasteiger partial charge in [0.05, 0.1) is 0 Å². The smallest absolute Gasteiger partial charge is 0.321 e. The van der Waals surface area contributed by atoms with Gasteiger partial charge in [-0.15, -0.1) is 10.2 Å². The second kappa shape index (κ2) is 4.96. The Hall–Kier alpha value is -2.97. The Morgan fingerprint density at radius 1 is 1.30 bits per heavy atom. The molecule has 3 rings (SSSR count). The Labute approximate surface area is 113 Å². The summed E-state index contributed by atoms with van der Waals surface area (Å²) >= 11 is 0. The van der Waals surface area contributed by atoms with Gasteiger partial charge >= 0.3 is 6.03 Å². The number of carbonyl (C=O) groups is 2. The summed E-state index contributed by atoms with van der Waals surface area (Å²) in [5.74, 6) is -0.488. The lowest BCUT2D eigenvalue weighted by molar-refractivity contribution is 0.101. The molecule has 1 aliphatic rings. The summed E-state index contributed by atoms with van der Waals surface area (Å²) in [7, 11) is 0. The highest BCUT2D eigenvalue weighted by Gasteiger charge is 2.20. The molecule has 0 spiro atoms. The molecule has 102 valence electrons. The van der Waals surface area contributed by atoms with Crippen LogP contribution in [-0.2, 0) is 0 Å². The second-order valence-corrected chi connectivity index (χ2v) is 4.12. The van der Waals surface area contributed by atoms with Gasteiger partial charge in [0.25, 0.3) is 11.7 Å². The number of aromatic nitrogens is 4. The maximum absolute atomic E-state index is 11.7. The van der Waals surface area contributed by atoms with Gasteiger partial charge in [-0.05, 0) is 29.5 Å². The van der Waals surface area contributed by atoms with Crippen molar-refractivity contribution in [2.45, 2.75) is 0 Å². The minimum Gasteiger partial charge on any atom is -0.336 e. The fourth-order valence-electron chi connectivity index (χ4n) is 1.89. The van der Waals surface area contributed by atoms with Crippen molar-refractivity contribution in [1.29, 1.82) is 0 Å². The first kappa shape index (κ1) is 12.1. The first-order chi connectivity index (χ1) is 9.74. The molecule has 20 heavy (non-hydrogen) atoms. The van der Waals surface area contributed by atoms with E-state index in [1.54, 1.807) is 29.2 Å². The molecule has 1 aliphatic heterocycles. The van der Waals surface area contributed by atoms with E-state index in [0.29, 0.717) is 18.8 Å². The number of urea groups is 1. The third kappa shape index (κ3) is 2.28. The number of aromatic amines is 1. The zero-order valence-corrected chi connectivity index (χ0v) is 10.3. The van der Waals surface area contributed by atoms with Crippen molar-refractivity contribution >= 4 is 23.3 Å². The molecule has 0 saturated carbocycles. The zero-order valence-electron chi connectivity index (χ0n) is 10.3. The SMILES string of the molecule is O=C(Nc1ccc(N2CCNC2=O)cc1)c1nn[nH]n1. The summed E-state index contributed by atoms with van der Waals surface area (Å²) in [5, 5.41) is 18.0. The van der Waals surface area contributed by atoms with Crippen LogP contribution in [0, 0.1) is 0 Å². The van der Waals surface area contributed by atoms with Crippen LogP contribution in [0.4, 0.5) is 16.2 Å². The monoisotopic (exact) mass is 273 g/mol. The number of benzene rings is 1. The van der Waals surface area contributed by atoms with Crippen molar-refractivity contribution < 1.29 is 9.59 Å². The fourth-order valence-corrected chi connectivity index (χ4v) is 1.89. The van der Waals surface area contributed by atoms with Crippen molar-refractivity contribution in [3.63, 3.8) is 0 Å². The predicted octanol–water partition coefficient (Wildman–Crippen LogP) is -0.0184. The number of nitrogens with zero attached hydrogens (tertiary/aromatic N) is 4. The van der Waals surface area contributed by atoms with Crippen LogP contribution in [0.15, 0.2) is 24.3 Å². The lowest BCUT2D eigenvalue weighted by Crippen LogP contribution is -2.27. The van der Waals surface area contributed by atoms with Crippen LogP contribution in [0.5, 0.6) is 0 Å². The van der Waals surface area contributed by atoms with Gasteiger partial charge in [-0.3, -0.25) is 9.69 Å². The number of tetrazole rings is 1. The summed E-state index contributed by atoms with van der Waals surface area (Å²) < 4.78 is 0. The van der Waals surface area contributed by atoms with E-state index in [4.69, 9.17) is 0 Å². The molecule has 2 heterocycles. The second-order valence-electron chi connectivity index (χ2n) is 4.12. The molecule has 1 fully saturated rings. The molecule has 0 unspecified atom stereocenters. The number of hydrogen-bond donors (Lipinski definition) is 3. The number of H-pyrrole nitrogens is 1. The van der Waals surface area contributed by atoms with Gasteiger partial charge < -0.3 is 10.6 Å². The van der Waals surface area contributed by atoms with E-state index in [9.17, 15) is 9.59 Å². The van der Waals surface area contributed by atoms with Crippen LogP contribution >= 0.6 is 0 Å². The average molecular weight is 273 g/mol. The maximum Gasteiger partial charge on any atom is 0.321 e. The van der Waals surface area contributed by atoms with E-state index in [1.165, 1.54) is 0 Å². The number of carbonyl (C=O) groups excluding carboxylic acids is 2. The van der Waals surface area contributed by atoms with Crippen LogP contribution < -0.4 is 15.5 Å². The van der Waals surface area contributed by atoms with Crippen molar-refractivity contribution in [3.8, 4) is 0 Å². The van der Waals surface area contributed by atoms with E-state index in [2.05, 4.69) is 31.3 Å². The minimum atomic E-state index is -0.453.